The number of likely N-dealkylation sites (tertiary alicyclic amines) is 1. The van der Waals surface area contributed by atoms with Crippen molar-refractivity contribution in [2.45, 2.75) is 39.2 Å². The topological polar surface area (TPSA) is 40.5 Å². The third-order valence-corrected chi connectivity index (χ3v) is 2.86. The first-order valence-electron chi connectivity index (χ1n) is 5.05. The van der Waals surface area contributed by atoms with E-state index in [4.69, 9.17) is 5.11 Å². The van der Waals surface area contributed by atoms with Crippen molar-refractivity contribution in [3.05, 3.63) is 0 Å². The van der Waals surface area contributed by atoms with Gasteiger partial charge in [0.25, 0.3) is 0 Å². The number of carboxylic acid groups (broad SMARTS) is 1. The fourth-order valence-corrected chi connectivity index (χ4v) is 1.93. The Morgan fingerprint density at radius 3 is 2.77 bits per heavy atom. The summed E-state index contributed by atoms with van der Waals surface area (Å²) in [4.78, 5) is 12.7. The quantitative estimate of drug-likeness (QED) is 0.725. The summed E-state index contributed by atoms with van der Waals surface area (Å²) in [5, 5.41) is 8.57. The average Bonchev–Trinajstić information content (AvgIpc) is 2.06. The van der Waals surface area contributed by atoms with Gasteiger partial charge in [-0.3, -0.25) is 9.69 Å². The molecule has 0 radical (unpaired) electrons. The normalized spacial score (nSPS) is 30.3. The second-order valence-corrected chi connectivity index (χ2v) is 4.17. The zero-order valence-electron chi connectivity index (χ0n) is 8.49. The van der Waals surface area contributed by atoms with Gasteiger partial charge >= 0.3 is 5.97 Å². The Morgan fingerprint density at radius 2 is 2.15 bits per heavy atom. The van der Waals surface area contributed by atoms with Crippen LogP contribution in [-0.4, -0.2) is 35.1 Å². The molecule has 1 aliphatic rings. The molecule has 0 aromatic heterocycles. The van der Waals surface area contributed by atoms with Crippen LogP contribution in [0.1, 0.15) is 33.1 Å². The highest BCUT2D eigenvalue weighted by Gasteiger charge is 2.22. The summed E-state index contributed by atoms with van der Waals surface area (Å²) in [6.07, 6.45) is 2.77. The van der Waals surface area contributed by atoms with Crippen LogP contribution in [0.5, 0.6) is 0 Å². The van der Waals surface area contributed by atoms with Gasteiger partial charge in [-0.1, -0.05) is 6.92 Å². The molecule has 0 saturated carbocycles. The number of hydrogen-bond donors (Lipinski definition) is 1. The maximum atomic E-state index is 10.4. The van der Waals surface area contributed by atoms with Gasteiger partial charge in [-0.15, -0.1) is 0 Å². The lowest BCUT2D eigenvalue weighted by atomic mass is 9.95. The summed E-state index contributed by atoms with van der Waals surface area (Å²) in [7, 11) is 0. The molecule has 13 heavy (non-hydrogen) atoms. The van der Waals surface area contributed by atoms with Crippen LogP contribution in [0.3, 0.4) is 0 Å². The maximum Gasteiger partial charge on any atom is 0.304 e. The number of hydrogen-bond acceptors (Lipinski definition) is 2. The summed E-state index contributed by atoms with van der Waals surface area (Å²) in [6, 6.07) is 0.565. The van der Waals surface area contributed by atoms with Crippen molar-refractivity contribution < 1.29 is 9.90 Å². The predicted molar refractivity (Wildman–Crippen MR) is 51.7 cm³/mol. The fraction of sp³-hybridized carbons (Fsp3) is 0.900. The number of carboxylic acids is 1. The summed E-state index contributed by atoms with van der Waals surface area (Å²) in [5.41, 5.74) is 0. The second kappa shape index (κ2) is 4.61. The van der Waals surface area contributed by atoms with Gasteiger partial charge in [0.1, 0.15) is 0 Å². The molecule has 1 N–H and O–H groups in total. The van der Waals surface area contributed by atoms with Gasteiger partial charge < -0.3 is 5.11 Å². The Hall–Kier alpha value is -0.570. The third-order valence-electron chi connectivity index (χ3n) is 2.86. The lowest BCUT2D eigenvalue weighted by molar-refractivity contribution is -0.137. The first kappa shape index (κ1) is 10.5. The fourth-order valence-electron chi connectivity index (χ4n) is 1.93. The molecule has 1 aliphatic heterocycles. The van der Waals surface area contributed by atoms with Gasteiger partial charge in [-0.05, 0) is 25.7 Å². The number of piperidine rings is 1. The minimum absolute atomic E-state index is 0.275. The minimum Gasteiger partial charge on any atom is -0.481 e. The monoisotopic (exact) mass is 185 g/mol. The van der Waals surface area contributed by atoms with Crippen molar-refractivity contribution >= 4 is 5.97 Å². The highest BCUT2D eigenvalue weighted by Crippen LogP contribution is 2.21. The molecular formula is C10H19NO2. The van der Waals surface area contributed by atoms with Gasteiger partial charge in [0.15, 0.2) is 0 Å². The van der Waals surface area contributed by atoms with Crippen molar-refractivity contribution in [1.82, 2.24) is 4.90 Å². The lowest BCUT2D eigenvalue weighted by Gasteiger charge is -2.36. The smallest absolute Gasteiger partial charge is 0.304 e. The molecule has 1 heterocycles. The van der Waals surface area contributed by atoms with Crippen LogP contribution in [0.15, 0.2) is 0 Å². The van der Waals surface area contributed by atoms with Crippen molar-refractivity contribution in [2.75, 3.05) is 13.1 Å². The van der Waals surface area contributed by atoms with E-state index in [1.165, 1.54) is 12.8 Å². The first-order valence-corrected chi connectivity index (χ1v) is 5.05. The number of aliphatic carboxylic acids is 1. The van der Waals surface area contributed by atoms with Crippen LogP contribution in [0.4, 0.5) is 0 Å². The Balaban J connectivity index is 2.33. The standard InChI is InChI=1S/C10H19NO2/c1-8-3-4-9(2)11(7-8)6-5-10(12)13/h8-9H,3-7H2,1-2H3,(H,12,13). The summed E-state index contributed by atoms with van der Waals surface area (Å²) < 4.78 is 0. The first-order chi connectivity index (χ1) is 6.09. The molecule has 0 spiro atoms. The molecule has 1 fully saturated rings. The van der Waals surface area contributed by atoms with E-state index in [0.29, 0.717) is 12.6 Å². The van der Waals surface area contributed by atoms with E-state index in [9.17, 15) is 4.79 Å². The van der Waals surface area contributed by atoms with E-state index in [-0.39, 0.29) is 6.42 Å². The van der Waals surface area contributed by atoms with Gasteiger partial charge in [-0.2, -0.15) is 0 Å². The zero-order valence-corrected chi connectivity index (χ0v) is 8.49. The number of rotatable bonds is 3. The summed E-state index contributed by atoms with van der Waals surface area (Å²) in [5.74, 6) is 0.0374. The van der Waals surface area contributed by atoms with E-state index in [1.807, 2.05) is 0 Å². The molecule has 0 aromatic rings. The molecule has 2 unspecified atom stereocenters. The molecule has 2 atom stereocenters. The van der Waals surface area contributed by atoms with Crippen LogP contribution in [0.25, 0.3) is 0 Å². The highest BCUT2D eigenvalue weighted by molar-refractivity contribution is 5.66. The lowest BCUT2D eigenvalue weighted by Crippen LogP contribution is -2.41. The molecule has 0 amide bonds. The largest absolute Gasteiger partial charge is 0.481 e. The zero-order chi connectivity index (χ0) is 9.84. The van der Waals surface area contributed by atoms with E-state index in [2.05, 4.69) is 18.7 Å². The SMILES string of the molecule is CC1CCC(C)N(CCC(=O)O)C1. The molecule has 3 nitrogen and oxygen atoms in total. The van der Waals surface area contributed by atoms with Gasteiger partial charge in [0, 0.05) is 19.1 Å². The van der Waals surface area contributed by atoms with Crippen molar-refractivity contribution in [2.24, 2.45) is 5.92 Å². The van der Waals surface area contributed by atoms with Crippen LogP contribution < -0.4 is 0 Å². The number of carbonyl (C=O) groups is 1. The molecule has 0 aliphatic carbocycles. The van der Waals surface area contributed by atoms with E-state index >= 15 is 0 Å². The molecule has 0 aromatic carbocycles. The molecule has 1 saturated heterocycles. The van der Waals surface area contributed by atoms with Crippen molar-refractivity contribution in [3.8, 4) is 0 Å². The Morgan fingerprint density at radius 1 is 1.46 bits per heavy atom. The maximum absolute atomic E-state index is 10.4. The molecule has 0 bridgehead atoms. The predicted octanol–water partition coefficient (Wildman–Crippen LogP) is 1.58. The molecule has 76 valence electrons. The highest BCUT2D eigenvalue weighted by atomic mass is 16.4. The molecular weight excluding hydrogens is 166 g/mol. The summed E-state index contributed by atoms with van der Waals surface area (Å²) >= 11 is 0. The van der Waals surface area contributed by atoms with Gasteiger partial charge in [-0.25, -0.2) is 0 Å². The summed E-state index contributed by atoms with van der Waals surface area (Å²) in [6.45, 7) is 6.20. The Kier molecular flexibility index (Phi) is 3.72. The Labute approximate surface area is 79.7 Å². The van der Waals surface area contributed by atoms with Crippen molar-refractivity contribution in [3.63, 3.8) is 0 Å². The molecule has 1 rings (SSSR count). The van der Waals surface area contributed by atoms with Crippen LogP contribution >= 0.6 is 0 Å². The van der Waals surface area contributed by atoms with E-state index < -0.39 is 5.97 Å². The second-order valence-electron chi connectivity index (χ2n) is 4.17. The van der Waals surface area contributed by atoms with Crippen LogP contribution in [-0.2, 0) is 4.79 Å². The Bertz CT molecular complexity index is 182. The van der Waals surface area contributed by atoms with Crippen molar-refractivity contribution in [1.29, 1.82) is 0 Å². The van der Waals surface area contributed by atoms with Crippen LogP contribution in [0, 0.1) is 5.92 Å². The van der Waals surface area contributed by atoms with E-state index in [1.54, 1.807) is 0 Å². The van der Waals surface area contributed by atoms with Crippen LogP contribution in [0.2, 0.25) is 0 Å². The van der Waals surface area contributed by atoms with Gasteiger partial charge in [0.2, 0.25) is 0 Å². The average molecular weight is 185 g/mol. The van der Waals surface area contributed by atoms with Gasteiger partial charge in [0.05, 0.1) is 6.42 Å². The third kappa shape index (κ3) is 3.35. The molecule has 3 heteroatoms. The minimum atomic E-state index is -0.689. The van der Waals surface area contributed by atoms with E-state index in [0.717, 1.165) is 12.5 Å². The number of nitrogens with zero attached hydrogens (tertiary/aromatic N) is 1.